The first-order valence-corrected chi connectivity index (χ1v) is 6.64. The summed E-state index contributed by atoms with van der Waals surface area (Å²) in [5.74, 6) is -1.65. The minimum absolute atomic E-state index is 0.275. The molecule has 2 aromatic carbocycles. The van der Waals surface area contributed by atoms with Crippen LogP contribution in [-0.4, -0.2) is 22.7 Å². The number of hydrazine groups is 1. The molecule has 3 amide bonds. The number of fused-ring (bicyclic) bond motifs is 1. The van der Waals surface area contributed by atoms with Crippen LogP contribution in [0.5, 0.6) is 0 Å². The van der Waals surface area contributed by atoms with Gasteiger partial charge in [-0.15, -0.1) is 0 Å². The Bertz CT molecular complexity index is 779. The number of imide groups is 1. The molecule has 0 saturated heterocycles. The van der Waals surface area contributed by atoms with E-state index in [2.05, 4.69) is 5.43 Å². The summed E-state index contributed by atoms with van der Waals surface area (Å²) < 4.78 is 0. The fourth-order valence-electron chi connectivity index (χ4n) is 2.35. The van der Waals surface area contributed by atoms with Gasteiger partial charge >= 0.3 is 0 Å². The van der Waals surface area contributed by atoms with E-state index in [9.17, 15) is 14.4 Å². The maximum absolute atomic E-state index is 12.3. The van der Waals surface area contributed by atoms with Crippen molar-refractivity contribution >= 4 is 23.4 Å². The van der Waals surface area contributed by atoms with Crippen LogP contribution >= 0.6 is 0 Å². The Morgan fingerprint density at radius 1 is 1.00 bits per heavy atom. The van der Waals surface area contributed by atoms with Gasteiger partial charge < -0.3 is 5.73 Å². The van der Waals surface area contributed by atoms with Gasteiger partial charge in [-0.1, -0.05) is 18.2 Å². The smallest absolute Gasteiger partial charge is 0.280 e. The summed E-state index contributed by atoms with van der Waals surface area (Å²) >= 11 is 0. The van der Waals surface area contributed by atoms with Crippen molar-refractivity contribution in [2.75, 3.05) is 5.73 Å². The molecule has 0 fully saturated rings. The topological polar surface area (TPSA) is 92.5 Å². The zero-order valence-corrected chi connectivity index (χ0v) is 11.8. The second kappa shape index (κ2) is 5.00. The Labute approximate surface area is 126 Å². The molecule has 1 aliphatic rings. The number of hydrogen-bond acceptors (Lipinski definition) is 4. The van der Waals surface area contributed by atoms with Crippen LogP contribution in [0.15, 0.2) is 42.5 Å². The predicted octanol–water partition coefficient (Wildman–Crippen LogP) is 1.52. The lowest BCUT2D eigenvalue weighted by atomic mass is 10.1. The number of anilines is 1. The molecule has 1 aliphatic heterocycles. The molecule has 22 heavy (non-hydrogen) atoms. The summed E-state index contributed by atoms with van der Waals surface area (Å²) in [5, 5.41) is 0.732. The number of amides is 3. The summed E-state index contributed by atoms with van der Waals surface area (Å²) in [6.07, 6.45) is 0. The fourth-order valence-corrected chi connectivity index (χ4v) is 2.35. The van der Waals surface area contributed by atoms with Crippen LogP contribution in [0.4, 0.5) is 5.69 Å². The zero-order valence-electron chi connectivity index (χ0n) is 11.8. The third-order valence-electron chi connectivity index (χ3n) is 3.63. The van der Waals surface area contributed by atoms with E-state index in [1.807, 2.05) is 0 Å². The highest BCUT2D eigenvalue weighted by Gasteiger charge is 2.36. The lowest BCUT2D eigenvalue weighted by Crippen LogP contribution is -2.46. The van der Waals surface area contributed by atoms with E-state index in [0.717, 1.165) is 5.01 Å². The van der Waals surface area contributed by atoms with Crippen molar-refractivity contribution in [2.45, 2.75) is 6.92 Å². The number of nitrogen functional groups attached to an aromatic ring is 1. The van der Waals surface area contributed by atoms with E-state index in [1.165, 1.54) is 0 Å². The summed E-state index contributed by atoms with van der Waals surface area (Å²) in [6, 6.07) is 11.3. The van der Waals surface area contributed by atoms with Gasteiger partial charge in [0, 0.05) is 11.3 Å². The molecule has 0 saturated carbocycles. The van der Waals surface area contributed by atoms with Gasteiger partial charge in [0.15, 0.2) is 0 Å². The first kappa shape index (κ1) is 13.8. The number of nitrogens with two attached hydrogens (primary N) is 1. The third-order valence-corrected chi connectivity index (χ3v) is 3.63. The molecule has 0 aliphatic carbocycles. The van der Waals surface area contributed by atoms with E-state index in [0.29, 0.717) is 16.8 Å². The lowest BCUT2D eigenvalue weighted by molar-refractivity contribution is 0.0518. The Hall–Kier alpha value is -3.15. The number of benzene rings is 2. The number of carbonyl (C=O) groups excluding carboxylic acids is 3. The van der Waals surface area contributed by atoms with Crippen LogP contribution in [0, 0.1) is 6.92 Å². The fraction of sp³-hybridized carbons (Fsp3) is 0.0625. The highest BCUT2D eigenvalue weighted by Crippen LogP contribution is 2.21. The Balaban J connectivity index is 1.89. The molecule has 0 unspecified atom stereocenters. The van der Waals surface area contributed by atoms with Crippen LogP contribution in [0.25, 0.3) is 0 Å². The monoisotopic (exact) mass is 295 g/mol. The van der Waals surface area contributed by atoms with Crippen LogP contribution in [0.3, 0.4) is 0 Å². The van der Waals surface area contributed by atoms with Gasteiger partial charge in [-0.05, 0) is 36.8 Å². The van der Waals surface area contributed by atoms with Gasteiger partial charge in [0.2, 0.25) is 0 Å². The number of rotatable bonds is 2. The quantitative estimate of drug-likeness (QED) is 0.649. The van der Waals surface area contributed by atoms with Crippen molar-refractivity contribution in [3.05, 3.63) is 64.7 Å². The van der Waals surface area contributed by atoms with Crippen molar-refractivity contribution < 1.29 is 14.4 Å². The van der Waals surface area contributed by atoms with Crippen LogP contribution in [-0.2, 0) is 0 Å². The summed E-state index contributed by atoms with van der Waals surface area (Å²) in [7, 11) is 0. The Morgan fingerprint density at radius 3 is 2.18 bits per heavy atom. The van der Waals surface area contributed by atoms with Gasteiger partial charge in [-0.3, -0.25) is 19.8 Å². The SMILES string of the molecule is Cc1c(N)cccc1C(=O)NN1C(=O)c2ccccc2C1=O. The predicted molar refractivity (Wildman–Crippen MR) is 80.0 cm³/mol. The molecule has 2 aromatic rings. The first-order chi connectivity index (χ1) is 10.5. The Kier molecular flexibility index (Phi) is 3.14. The normalized spacial score (nSPS) is 13.2. The van der Waals surface area contributed by atoms with E-state index < -0.39 is 17.7 Å². The summed E-state index contributed by atoms with van der Waals surface area (Å²) in [4.78, 5) is 36.7. The minimum atomic E-state index is -0.556. The average Bonchev–Trinajstić information content (AvgIpc) is 2.75. The van der Waals surface area contributed by atoms with Crippen molar-refractivity contribution in [3.8, 4) is 0 Å². The molecule has 0 atom stereocenters. The van der Waals surface area contributed by atoms with Gasteiger partial charge in [-0.2, -0.15) is 5.01 Å². The molecule has 0 radical (unpaired) electrons. The second-order valence-electron chi connectivity index (χ2n) is 4.95. The van der Waals surface area contributed by atoms with E-state index in [1.54, 1.807) is 49.4 Å². The van der Waals surface area contributed by atoms with Gasteiger partial charge in [0.25, 0.3) is 17.7 Å². The maximum atomic E-state index is 12.3. The Morgan fingerprint density at radius 2 is 1.59 bits per heavy atom. The molecule has 110 valence electrons. The summed E-state index contributed by atoms with van der Waals surface area (Å²) in [5.41, 5.74) is 10.0. The molecule has 0 bridgehead atoms. The average molecular weight is 295 g/mol. The molecule has 3 N–H and O–H groups in total. The number of nitrogens with zero attached hydrogens (tertiary/aromatic N) is 1. The van der Waals surface area contributed by atoms with Crippen molar-refractivity contribution in [1.82, 2.24) is 10.4 Å². The number of carbonyl (C=O) groups is 3. The van der Waals surface area contributed by atoms with Crippen molar-refractivity contribution in [1.29, 1.82) is 0 Å². The van der Waals surface area contributed by atoms with Crippen LogP contribution in [0.1, 0.15) is 36.6 Å². The van der Waals surface area contributed by atoms with Crippen molar-refractivity contribution in [2.24, 2.45) is 0 Å². The zero-order chi connectivity index (χ0) is 15.9. The van der Waals surface area contributed by atoms with Gasteiger partial charge in [0.05, 0.1) is 11.1 Å². The van der Waals surface area contributed by atoms with Crippen molar-refractivity contribution in [3.63, 3.8) is 0 Å². The molecular formula is C16H13N3O3. The highest BCUT2D eigenvalue weighted by molar-refractivity contribution is 6.22. The second-order valence-corrected chi connectivity index (χ2v) is 4.95. The highest BCUT2D eigenvalue weighted by atomic mass is 16.2. The van der Waals surface area contributed by atoms with Gasteiger partial charge in [0.1, 0.15) is 0 Å². The number of hydrogen-bond donors (Lipinski definition) is 2. The minimum Gasteiger partial charge on any atom is -0.398 e. The van der Waals surface area contributed by atoms with E-state index >= 15 is 0 Å². The third kappa shape index (κ3) is 2.01. The van der Waals surface area contributed by atoms with Crippen LogP contribution < -0.4 is 11.2 Å². The maximum Gasteiger partial charge on any atom is 0.280 e. The first-order valence-electron chi connectivity index (χ1n) is 6.64. The summed E-state index contributed by atoms with van der Waals surface area (Å²) in [6.45, 7) is 1.70. The van der Waals surface area contributed by atoms with E-state index in [4.69, 9.17) is 5.73 Å². The van der Waals surface area contributed by atoms with E-state index in [-0.39, 0.29) is 11.1 Å². The standard InChI is InChI=1S/C16H13N3O3/c1-9-10(7-4-8-13(9)17)14(20)18-19-15(21)11-5-2-3-6-12(11)16(19)22/h2-8H,17H2,1H3,(H,18,20). The molecule has 3 rings (SSSR count). The number of nitrogens with one attached hydrogen (secondary N) is 1. The molecule has 6 nitrogen and oxygen atoms in total. The molecule has 1 heterocycles. The lowest BCUT2D eigenvalue weighted by Gasteiger charge is -2.16. The largest absolute Gasteiger partial charge is 0.398 e. The van der Waals surface area contributed by atoms with Gasteiger partial charge in [-0.25, -0.2) is 0 Å². The van der Waals surface area contributed by atoms with Crippen LogP contribution in [0.2, 0.25) is 0 Å². The molecular weight excluding hydrogens is 282 g/mol. The molecule has 0 aromatic heterocycles. The molecule has 6 heteroatoms. The molecule has 0 spiro atoms.